The molecule has 1 aliphatic carbocycles. The van der Waals surface area contributed by atoms with Gasteiger partial charge in [-0.1, -0.05) is 24.3 Å². The van der Waals surface area contributed by atoms with Crippen LogP contribution in [0.3, 0.4) is 0 Å². The lowest BCUT2D eigenvalue weighted by atomic mass is 9.87. The van der Waals surface area contributed by atoms with Gasteiger partial charge in [-0.3, -0.25) is 9.59 Å². The third-order valence-electron chi connectivity index (χ3n) is 2.99. The molecule has 2 rings (SSSR count). The zero-order chi connectivity index (χ0) is 12.4. The SMILES string of the molecule is COC(=O)C1C(NC(C)=O)SC2C=CC=CC21. The first-order valence-electron chi connectivity index (χ1n) is 5.49. The van der Waals surface area contributed by atoms with Crippen molar-refractivity contribution in [3.63, 3.8) is 0 Å². The van der Waals surface area contributed by atoms with Gasteiger partial charge in [-0.25, -0.2) is 0 Å². The Morgan fingerprint density at radius 1 is 1.29 bits per heavy atom. The minimum atomic E-state index is -0.305. The lowest BCUT2D eigenvalue weighted by molar-refractivity contribution is -0.146. The van der Waals surface area contributed by atoms with Crippen LogP contribution in [0.15, 0.2) is 24.3 Å². The molecule has 0 saturated carbocycles. The van der Waals surface area contributed by atoms with Crippen LogP contribution < -0.4 is 5.32 Å². The van der Waals surface area contributed by atoms with E-state index >= 15 is 0 Å². The number of ether oxygens (including phenoxy) is 1. The van der Waals surface area contributed by atoms with Crippen molar-refractivity contribution in [2.24, 2.45) is 11.8 Å². The lowest BCUT2D eigenvalue weighted by Gasteiger charge is -2.21. The fraction of sp³-hybridized carbons (Fsp3) is 0.500. The molecule has 2 aliphatic rings. The van der Waals surface area contributed by atoms with Gasteiger partial charge in [0.15, 0.2) is 0 Å². The first-order chi connectivity index (χ1) is 8.13. The van der Waals surface area contributed by atoms with Crippen LogP contribution >= 0.6 is 11.8 Å². The van der Waals surface area contributed by atoms with Gasteiger partial charge in [0.2, 0.25) is 5.91 Å². The number of rotatable bonds is 2. The average Bonchev–Trinajstić information content (AvgIpc) is 2.65. The molecule has 1 heterocycles. The van der Waals surface area contributed by atoms with Gasteiger partial charge >= 0.3 is 5.97 Å². The van der Waals surface area contributed by atoms with Crippen LogP contribution in [0.5, 0.6) is 0 Å². The molecule has 1 fully saturated rings. The summed E-state index contributed by atoms with van der Waals surface area (Å²) in [6, 6.07) is 0. The normalized spacial score (nSPS) is 34.2. The second kappa shape index (κ2) is 4.96. The monoisotopic (exact) mass is 253 g/mol. The average molecular weight is 253 g/mol. The van der Waals surface area contributed by atoms with Gasteiger partial charge < -0.3 is 10.1 Å². The van der Waals surface area contributed by atoms with Crippen LogP contribution in [0.25, 0.3) is 0 Å². The van der Waals surface area contributed by atoms with E-state index < -0.39 is 0 Å². The Labute approximate surface area is 104 Å². The number of amides is 1. The quantitative estimate of drug-likeness (QED) is 0.749. The molecule has 0 bridgehead atoms. The Bertz CT molecular complexity index is 391. The summed E-state index contributed by atoms with van der Waals surface area (Å²) in [6.45, 7) is 1.46. The first-order valence-corrected chi connectivity index (χ1v) is 6.43. The van der Waals surface area contributed by atoms with Crippen LogP contribution in [0.4, 0.5) is 0 Å². The fourth-order valence-electron chi connectivity index (χ4n) is 2.26. The van der Waals surface area contributed by atoms with Gasteiger partial charge in [-0.15, -0.1) is 11.8 Å². The highest BCUT2D eigenvalue weighted by Gasteiger charge is 2.47. The van der Waals surface area contributed by atoms with Crippen LogP contribution in [0.2, 0.25) is 0 Å². The van der Waals surface area contributed by atoms with E-state index in [1.54, 1.807) is 11.8 Å². The second-order valence-electron chi connectivity index (χ2n) is 4.12. The molecule has 1 aliphatic heterocycles. The first kappa shape index (κ1) is 12.2. The third-order valence-corrected chi connectivity index (χ3v) is 4.48. The number of methoxy groups -OCH3 is 1. The summed E-state index contributed by atoms with van der Waals surface area (Å²) in [4.78, 5) is 23.0. The van der Waals surface area contributed by atoms with Gasteiger partial charge in [0.05, 0.1) is 18.4 Å². The van der Waals surface area contributed by atoms with Crippen molar-refractivity contribution in [1.82, 2.24) is 5.32 Å². The molecule has 4 atom stereocenters. The maximum atomic E-state index is 11.8. The molecule has 0 aromatic carbocycles. The van der Waals surface area contributed by atoms with Crippen LogP contribution in [-0.2, 0) is 14.3 Å². The van der Waals surface area contributed by atoms with Gasteiger partial charge in [0, 0.05) is 18.1 Å². The smallest absolute Gasteiger partial charge is 0.312 e. The molecule has 0 radical (unpaired) electrons. The van der Waals surface area contributed by atoms with E-state index in [2.05, 4.69) is 11.4 Å². The maximum Gasteiger partial charge on any atom is 0.312 e. The largest absolute Gasteiger partial charge is 0.469 e. The molecular weight excluding hydrogens is 238 g/mol. The van der Waals surface area contributed by atoms with Crippen LogP contribution in [-0.4, -0.2) is 29.6 Å². The van der Waals surface area contributed by atoms with Gasteiger partial charge in [0.25, 0.3) is 0 Å². The summed E-state index contributed by atoms with van der Waals surface area (Å²) >= 11 is 1.60. The minimum absolute atomic E-state index is 0.106. The number of fused-ring (bicyclic) bond motifs is 1. The van der Waals surface area contributed by atoms with Gasteiger partial charge in [-0.05, 0) is 0 Å². The number of hydrogen-bond acceptors (Lipinski definition) is 4. The maximum absolute atomic E-state index is 11.8. The van der Waals surface area contributed by atoms with Crippen molar-refractivity contribution in [1.29, 1.82) is 0 Å². The van der Waals surface area contributed by atoms with E-state index in [4.69, 9.17) is 4.74 Å². The molecular formula is C12H15NO3S. The molecule has 17 heavy (non-hydrogen) atoms. The molecule has 4 unspecified atom stereocenters. The topological polar surface area (TPSA) is 55.4 Å². The summed E-state index contributed by atoms with van der Waals surface area (Å²) < 4.78 is 4.83. The number of thioether (sulfide) groups is 1. The molecule has 5 heteroatoms. The summed E-state index contributed by atoms with van der Waals surface area (Å²) in [5.41, 5.74) is 0. The Kier molecular flexibility index (Phi) is 3.57. The van der Waals surface area contributed by atoms with Crippen molar-refractivity contribution >= 4 is 23.6 Å². The Hall–Kier alpha value is -1.23. The van der Waals surface area contributed by atoms with E-state index in [-0.39, 0.29) is 34.3 Å². The van der Waals surface area contributed by atoms with E-state index in [0.29, 0.717) is 0 Å². The predicted octanol–water partition coefficient (Wildman–Crippen LogP) is 1.10. The van der Waals surface area contributed by atoms with E-state index in [1.807, 2.05) is 18.2 Å². The Morgan fingerprint density at radius 3 is 2.65 bits per heavy atom. The zero-order valence-corrected chi connectivity index (χ0v) is 10.6. The molecule has 0 spiro atoms. The van der Waals surface area contributed by atoms with Crippen molar-refractivity contribution in [2.75, 3.05) is 7.11 Å². The second-order valence-corrected chi connectivity index (χ2v) is 5.44. The number of carbonyl (C=O) groups is 2. The highest BCUT2D eigenvalue weighted by Crippen LogP contribution is 2.45. The number of allylic oxidation sites excluding steroid dienone is 3. The molecule has 1 amide bonds. The van der Waals surface area contributed by atoms with Crippen LogP contribution in [0.1, 0.15) is 6.92 Å². The summed E-state index contributed by atoms with van der Waals surface area (Å²) in [5, 5.41) is 2.85. The Morgan fingerprint density at radius 2 is 2.00 bits per heavy atom. The number of nitrogens with one attached hydrogen (secondary N) is 1. The lowest BCUT2D eigenvalue weighted by Crippen LogP contribution is -2.40. The molecule has 4 nitrogen and oxygen atoms in total. The third kappa shape index (κ3) is 2.39. The minimum Gasteiger partial charge on any atom is -0.469 e. The molecule has 92 valence electrons. The van der Waals surface area contributed by atoms with Crippen molar-refractivity contribution in [2.45, 2.75) is 17.5 Å². The molecule has 1 N–H and O–H groups in total. The zero-order valence-electron chi connectivity index (χ0n) is 9.75. The number of hydrogen-bond donors (Lipinski definition) is 1. The molecule has 0 aromatic heterocycles. The number of carbonyl (C=O) groups excluding carboxylic acids is 2. The van der Waals surface area contributed by atoms with E-state index in [0.717, 1.165) is 0 Å². The van der Waals surface area contributed by atoms with Gasteiger partial charge in [0.1, 0.15) is 0 Å². The summed E-state index contributed by atoms with van der Waals surface area (Å²) in [6.07, 6.45) is 7.99. The number of esters is 1. The molecule has 0 aromatic rings. The fourth-order valence-corrected chi connectivity index (χ4v) is 3.92. The van der Waals surface area contributed by atoms with Crippen molar-refractivity contribution in [3.05, 3.63) is 24.3 Å². The highest BCUT2D eigenvalue weighted by atomic mass is 32.2. The standard InChI is InChI=1S/C12H15NO3S/c1-7(14)13-11-10(12(15)16-2)8-5-3-4-6-9(8)17-11/h3-6,8-11H,1-2H3,(H,13,14). The van der Waals surface area contributed by atoms with Crippen LogP contribution in [0, 0.1) is 11.8 Å². The van der Waals surface area contributed by atoms with E-state index in [9.17, 15) is 9.59 Å². The molecule has 1 saturated heterocycles. The predicted molar refractivity (Wildman–Crippen MR) is 66.3 cm³/mol. The van der Waals surface area contributed by atoms with E-state index in [1.165, 1.54) is 14.0 Å². The summed E-state index contributed by atoms with van der Waals surface area (Å²) in [7, 11) is 1.38. The summed E-state index contributed by atoms with van der Waals surface area (Å²) in [5.74, 6) is -0.582. The van der Waals surface area contributed by atoms with Crippen molar-refractivity contribution in [3.8, 4) is 0 Å². The highest BCUT2D eigenvalue weighted by molar-refractivity contribution is 8.01. The van der Waals surface area contributed by atoms with Crippen molar-refractivity contribution < 1.29 is 14.3 Å². The Balaban J connectivity index is 2.21. The van der Waals surface area contributed by atoms with Gasteiger partial charge in [-0.2, -0.15) is 0 Å².